The van der Waals surface area contributed by atoms with E-state index in [0.29, 0.717) is 38.5 Å². The Morgan fingerprint density at radius 2 is 1.81 bits per heavy atom. The zero-order valence-electron chi connectivity index (χ0n) is 21.5. The van der Waals surface area contributed by atoms with Crippen LogP contribution in [0.5, 0.6) is 0 Å². The summed E-state index contributed by atoms with van der Waals surface area (Å²) in [6.45, 7) is 12.7. The number of pyridine rings is 2. The van der Waals surface area contributed by atoms with Crippen LogP contribution >= 0.6 is 0 Å². The number of rotatable bonds is 2. The first-order chi connectivity index (χ1) is 17.1. The van der Waals surface area contributed by atoms with E-state index < -0.39 is 5.60 Å². The molecule has 1 saturated heterocycles. The number of urea groups is 1. The molecule has 3 aromatic heterocycles. The Morgan fingerprint density at radius 1 is 1.06 bits per heavy atom. The number of ether oxygens (including phenoxy) is 1. The summed E-state index contributed by atoms with van der Waals surface area (Å²) in [5.41, 5.74) is 5.11. The van der Waals surface area contributed by atoms with Crippen molar-refractivity contribution >= 4 is 35.0 Å². The quantitative estimate of drug-likeness (QED) is 0.582. The third-order valence-corrected chi connectivity index (χ3v) is 6.53. The van der Waals surface area contributed by atoms with Gasteiger partial charge in [0.1, 0.15) is 17.1 Å². The zero-order chi connectivity index (χ0) is 25.6. The number of hydrogen-bond acceptors (Lipinski definition) is 6. The Labute approximate surface area is 210 Å². The van der Waals surface area contributed by atoms with Crippen LogP contribution in [-0.4, -0.2) is 69.7 Å². The van der Waals surface area contributed by atoms with Crippen LogP contribution in [0.2, 0.25) is 0 Å². The Morgan fingerprint density at radius 3 is 2.53 bits per heavy atom. The lowest BCUT2D eigenvalue weighted by Gasteiger charge is -2.37. The molecule has 3 aromatic rings. The number of aryl methyl sites for hydroxylation is 2. The fourth-order valence-electron chi connectivity index (χ4n) is 4.79. The molecule has 0 unspecified atom stereocenters. The normalized spacial score (nSPS) is 15.9. The summed E-state index contributed by atoms with van der Waals surface area (Å²) >= 11 is 0. The lowest BCUT2D eigenvalue weighted by molar-refractivity contribution is 0.0240. The molecule has 2 aliphatic heterocycles. The van der Waals surface area contributed by atoms with Crippen LogP contribution in [0.3, 0.4) is 0 Å². The molecule has 10 nitrogen and oxygen atoms in total. The maximum atomic E-state index is 13.3. The second kappa shape index (κ2) is 9.00. The van der Waals surface area contributed by atoms with Crippen LogP contribution in [-0.2, 0) is 11.2 Å². The Bertz CT molecular complexity index is 1320. The Balaban J connectivity index is 1.29. The van der Waals surface area contributed by atoms with Gasteiger partial charge in [-0.25, -0.2) is 19.6 Å². The molecule has 1 N–H and O–H groups in total. The first kappa shape index (κ1) is 23.9. The molecule has 2 aliphatic rings. The molecule has 0 spiro atoms. The molecule has 0 aliphatic carbocycles. The zero-order valence-corrected chi connectivity index (χ0v) is 21.5. The molecule has 36 heavy (non-hydrogen) atoms. The molecule has 0 aromatic carbocycles. The molecule has 5 heterocycles. The minimum Gasteiger partial charge on any atom is -0.444 e. The monoisotopic (exact) mass is 491 g/mol. The largest absolute Gasteiger partial charge is 0.444 e. The van der Waals surface area contributed by atoms with Crippen LogP contribution in [0.1, 0.15) is 37.6 Å². The van der Waals surface area contributed by atoms with E-state index in [-0.39, 0.29) is 12.1 Å². The fourth-order valence-corrected chi connectivity index (χ4v) is 4.79. The van der Waals surface area contributed by atoms with Crippen molar-refractivity contribution in [2.24, 2.45) is 0 Å². The molecular weight excluding hydrogens is 458 g/mol. The fraction of sp³-hybridized carbons (Fsp3) is 0.462. The summed E-state index contributed by atoms with van der Waals surface area (Å²) < 4.78 is 7.44. The number of hydrogen-bond donors (Lipinski definition) is 1. The van der Waals surface area contributed by atoms with E-state index in [2.05, 4.69) is 20.2 Å². The van der Waals surface area contributed by atoms with Gasteiger partial charge in [0.05, 0.1) is 11.4 Å². The van der Waals surface area contributed by atoms with Gasteiger partial charge in [0.15, 0.2) is 0 Å². The standard InChI is InChI=1S/C26H33N7O3/c1-17-14-22-28-18(2)15-32(22)16-20(17)29-24(34)33-9-7-19-21(6-8-27-23(19)33)30-10-12-31(13-11-30)25(35)36-26(3,4)5/h6,8,14-16H,7,9-13H2,1-5H3,(H,29,34). The summed E-state index contributed by atoms with van der Waals surface area (Å²) in [6.07, 6.45) is 6.05. The summed E-state index contributed by atoms with van der Waals surface area (Å²) in [5.74, 6) is 0.691. The number of amides is 3. The molecule has 10 heteroatoms. The average molecular weight is 492 g/mol. The van der Waals surface area contributed by atoms with Gasteiger partial charge in [0.2, 0.25) is 0 Å². The number of carbonyl (C=O) groups is 2. The van der Waals surface area contributed by atoms with Gasteiger partial charge in [0.25, 0.3) is 0 Å². The summed E-state index contributed by atoms with van der Waals surface area (Å²) in [7, 11) is 0. The van der Waals surface area contributed by atoms with E-state index in [1.54, 1.807) is 16.0 Å². The van der Waals surface area contributed by atoms with Crippen LogP contribution in [0.4, 0.5) is 26.8 Å². The summed E-state index contributed by atoms with van der Waals surface area (Å²) in [6, 6.07) is 3.77. The van der Waals surface area contributed by atoms with E-state index in [0.717, 1.165) is 40.3 Å². The first-order valence-electron chi connectivity index (χ1n) is 12.3. The lowest BCUT2D eigenvalue weighted by Crippen LogP contribution is -2.50. The van der Waals surface area contributed by atoms with E-state index in [4.69, 9.17) is 4.74 Å². The van der Waals surface area contributed by atoms with Crippen LogP contribution in [0, 0.1) is 13.8 Å². The minimum absolute atomic E-state index is 0.201. The highest BCUT2D eigenvalue weighted by Gasteiger charge is 2.32. The van der Waals surface area contributed by atoms with Gasteiger partial charge in [-0.15, -0.1) is 0 Å². The maximum Gasteiger partial charge on any atom is 0.410 e. The number of anilines is 3. The molecule has 0 bridgehead atoms. The van der Waals surface area contributed by atoms with Crippen LogP contribution in [0.25, 0.3) is 5.65 Å². The van der Waals surface area contributed by atoms with Gasteiger partial charge in [-0.2, -0.15) is 0 Å². The maximum absolute atomic E-state index is 13.3. The van der Waals surface area contributed by atoms with Crippen molar-refractivity contribution in [2.75, 3.05) is 47.8 Å². The van der Waals surface area contributed by atoms with Crippen molar-refractivity contribution in [3.8, 4) is 0 Å². The highest BCUT2D eigenvalue weighted by Crippen LogP contribution is 2.35. The predicted octanol–water partition coefficient (Wildman–Crippen LogP) is 4.00. The number of fused-ring (bicyclic) bond motifs is 2. The molecular formula is C26H33N7O3. The van der Waals surface area contributed by atoms with Gasteiger partial charge in [-0.1, -0.05) is 0 Å². The van der Waals surface area contributed by atoms with Crippen molar-refractivity contribution in [3.63, 3.8) is 0 Å². The second-order valence-electron chi connectivity index (χ2n) is 10.4. The van der Waals surface area contributed by atoms with Gasteiger partial charge < -0.3 is 24.3 Å². The number of nitrogens with zero attached hydrogens (tertiary/aromatic N) is 6. The topological polar surface area (TPSA) is 95.3 Å². The highest BCUT2D eigenvalue weighted by molar-refractivity contribution is 6.03. The lowest BCUT2D eigenvalue weighted by atomic mass is 10.1. The summed E-state index contributed by atoms with van der Waals surface area (Å²) in [4.78, 5) is 40.5. The number of nitrogens with one attached hydrogen (secondary N) is 1. The van der Waals surface area contributed by atoms with Crippen LogP contribution < -0.4 is 15.1 Å². The van der Waals surface area contributed by atoms with Gasteiger partial charge in [-0.3, -0.25) is 4.90 Å². The molecule has 0 saturated carbocycles. The number of piperazine rings is 1. The van der Waals surface area contributed by atoms with E-state index >= 15 is 0 Å². The second-order valence-corrected chi connectivity index (χ2v) is 10.4. The Kier molecular flexibility index (Phi) is 5.97. The molecule has 5 rings (SSSR count). The molecule has 0 radical (unpaired) electrons. The SMILES string of the molecule is Cc1cn2cc(NC(=O)N3CCc4c(N5CCN(C(=O)OC(C)(C)C)CC5)ccnc43)c(C)cc2n1. The molecule has 0 atom stereocenters. The van der Waals surface area contributed by atoms with Crippen molar-refractivity contribution in [2.45, 2.75) is 46.6 Å². The van der Waals surface area contributed by atoms with E-state index in [1.807, 2.05) is 63.5 Å². The molecule has 3 amide bonds. The third-order valence-electron chi connectivity index (χ3n) is 6.53. The van der Waals surface area contributed by atoms with Gasteiger partial charge in [0, 0.05) is 62.6 Å². The van der Waals surface area contributed by atoms with Crippen molar-refractivity contribution in [1.82, 2.24) is 19.3 Å². The minimum atomic E-state index is -0.508. The Hall–Kier alpha value is -3.82. The number of imidazole rings is 1. The smallest absolute Gasteiger partial charge is 0.410 e. The first-order valence-corrected chi connectivity index (χ1v) is 12.3. The number of carbonyl (C=O) groups excluding carboxylic acids is 2. The van der Waals surface area contributed by atoms with E-state index in [9.17, 15) is 9.59 Å². The van der Waals surface area contributed by atoms with Crippen molar-refractivity contribution in [3.05, 3.63) is 47.5 Å². The van der Waals surface area contributed by atoms with E-state index in [1.165, 1.54) is 0 Å². The molecule has 1 fully saturated rings. The van der Waals surface area contributed by atoms with Crippen molar-refractivity contribution < 1.29 is 14.3 Å². The van der Waals surface area contributed by atoms with Crippen molar-refractivity contribution in [1.29, 1.82) is 0 Å². The molecule has 190 valence electrons. The number of aromatic nitrogens is 3. The summed E-state index contributed by atoms with van der Waals surface area (Å²) in [5, 5.41) is 3.06. The van der Waals surface area contributed by atoms with Gasteiger partial charge in [-0.05, 0) is 58.7 Å². The van der Waals surface area contributed by atoms with Crippen LogP contribution in [0.15, 0.2) is 30.7 Å². The predicted molar refractivity (Wildman–Crippen MR) is 139 cm³/mol. The highest BCUT2D eigenvalue weighted by atomic mass is 16.6. The van der Waals surface area contributed by atoms with Gasteiger partial charge >= 0.3 is 12.1 Å². The average Bonchev–Trinajstić information content (AvgIpc) is 3.40. The third kappa shape index (κ3) is 4.67.